The Balaban J connectivity index is 1.56. The van der Waals surface area contributed by atoms with Crippen LogP contribution in [0.1, 0.15) is 32.3 Å². The van der Waals surface area contributed by atoms with Crippen molar-refractivity contribution in [2.45, 2.75) is 43.4 Å². The highest BCUT2D eigenvalue weighted by Gasteiger charge is 2.55. The maximum Gasteiger partial charge on any atom is 0.286 e. The number of amides is 1. The standard InChI is InChI=1S/C24H29N3O6S2/c1-13(2)8-9-27-21-16-6-5-15(11-16)19(21)22(28)20(24(27)29)23-25-17-7-4-14(12-34(3,30)31)10-18(17)35(32,33)26-23/h4-7,10,13,15-16,19,21,28H,8-9,11-12H2,1-3H3,(H,25,26). The van der Waals surface area contributed by atoms with E-state index in [-0.39, 0.29) is 57.3 Å². The SMILES string of the molecule is CC(C)CCN1C(=O)C(C2=NS(=O)(=O)c3cc(CS(C)(=O)=O)ccc3N2)=C(O)C2C3C=CC(C3)C21. The van der Waals surface area contributed by atoms with Gasteiger partial charge < -0.3 is 15.3 Å². The molecule has 2 aliphatic heterocycles. The number of carbonyl (C=O) groups excluding carboxylic acids is 1. The zero-order chi connectivity index (χ0) is 25.3. The number of benzene rings is 1. The van der Waals surface area contributed by atoms with Gasteiger partial charge in [0.25, 0.3) is 15.9 Å². The second kappa shape index (κ2) is 8.19. The smallest absolute Gasteiger partial charge is 0.286 e. The second-order valence-corrected chi connectivity index (χ2v) is 14.1. The zero-order valence-electron chi connectivity index (χ0n) is 19.8. The van der Waals surface area contributed by atoms with Gasteiger partial charge in [0.2, 0.25) is 0 Å². The van der Waals surface area contributed by atoms with Gasteiger partial charge in [-0.2, -0.15) is 8.42 Å². The van der Waals surface area contributed by atoms with Crippen molar-refractivity contribution < 1.29 is 26.7 Å². The number of carbonyl (C=O) groups is 1. The zero-order valence-corrected chi connectivity index (χ0v) is 21.4. The van der Waals surface area contributed by atoms with Crippen LogP contribution in [0.4, 0.5) is 5.69 Å². The summed E-state index contributed by atoms with van der Waals surface area (Å²) in [6.45, 7) is 4.67. The molecule has 1 saturated carbocycles. The van der Waals surface area contributed by atoms with Crippen LogP contribution in [0, 0.1) is 23.7 Å². The number of sulfonamides is 1. The first kappa shape index (κ1) is 24.1. The highest BCUT2D eigenvalue weighted by Crippen LogP contribution is 2.52. The van der Waals surface area contributed by atoms with E-state index in [1.807, 2.05) is 0 Å². The van der Waals surface area contributed by atoms with Gasteiger partial charge in [-0.05, 0) is 48.3 Å². The van der Waals surface area contributed by atoms with Gasteiger partial charge in [0.05, 0.1) is 11.4 Å². The minimum atomic E-state index is -4.24. The molecule has 2 N–H and O–H groups in total. The fourth-order valence-electron chi connectivity index (χ4n) is 5.72. The summed E-state index contributed by atoms with van der Waals surface area (Å²) in [7, 11) is -7.60. The van der Waals surface area contributed by atoms with E-state index < -0.39 is 25.8 Å². The number of amidine groups is 1. The summed E-state index contributed by atoms with van der Waals surface area (Å²) in [6, 6.07) is 4.12. The van der Waals surface area contributed by atoms with Crippen LogP contribution >= 0.6 is 0 Å². The molecule has 11 heteroatoms. The average molecular weight is 520 g/mol. The van der Waals surface area contributed by atoms with Gasteiger partial charge in [-0.1, -0.05) is 32.1 Å². The molecule has 188 valence electrons. The van der Waals surface area contributed by atoms with E-state index in [0.717, 1.165) is 19.1 Å². The predicted molar refractivity (Wildman–Crippen MR) is 132 cm³/mol. The van der Waals surface area contributed by atoms with E-state index in [9.17, 15) is 26.7 Å². The van der Waals surface area contributed by atoms with E-state index >= 15 is 0 Å². The van der Waals surface area contributed by atoms with Crippen LogP contribution in [0.5, 0.6) is 0 Å². The number of hydrogen-bond donors (Lipinski definition) is 2. The number of aliphatic hydroxyl groups is 1. The Morgan fingerprint density at radius 1 is 1.23 bits per heavy atom. The number of sulfone groups is 1. The van der Waals surface area contributed by atoms with Crippen molar-refractivity contribution in [3.8, 4) is 0 Å². The lowest BCUT2D eigenvalue weighted by Gasteiger charge is -2.43. The van der Waals surface area contributed by atoms with Crippen LogP contribution in [-0.4, -0.2) is 57.4 Å². The van der Waals surface area contributed by atoms with Gasteiger partial charge in [-0.25, -0.2) is 8.42 Å². The lowest BCUT2D eigenvalue weighted by atomic mass is 9.80. The molecule has 0 saturated heterocycles. The third-order valence-corrected chi connectivity index (χ3v) is 9.40. The number of nitrogens with one attached hydrogen (secondary N) is 1. The molecular formula is C24H29N3O6S2. The van der Waals surface area contributed by atoms with Crippen molar-refractivity contribution in [3.05, 3.63) is 47.2 Å². The average Bonchev–Trinajstić information content (AvgIpc) is 3.35. The predicted octanol–water partition coefficient (Wildman–Crippen LogP) is 2.64. The first-order chi connectivity index (χ1) is 16.4. The molecule has 0 spiro atoms. The van der Waals surface area contributed by atoms with Gasteiger partial charge in [-0.3, -0.25) is 4.79 Å². The summed E-state index contributed by atoms with van der Waals surface area (Å²) in [4.78, 5) is 15.3. The molecule has 0 radical (unpaired) electrons. The van der Waals surface area contributed by atoms with Crippen LogP contribution in [-0.2, 0) is 30.4 Å². The second-order valence-electron chi connectivity index (χ2n) is 10.3. The number of nitrogens with zero attached hydrogens (tertiary/aromatic N) is 2. The summed E-state index contributed by atoms with van der Waals surface area (Å²) in [5.41, 5.74) is 0.400. The summed E-state index contributed by atoms with van der Waals surface area (Å²) < 4.78 is 53.4. The van der Waals surface area contributed by atoms with Gasteiger partial charge in [0, 0.05) is 24.8 Å². The number of fused-ring (bicyclic) bond motifs is 6. The van der Waals surface area contributed by atoms with Crippen molar-refractivity contribution >= 4 is 37.3 Å². The molecule has 2 heterocycles. The lowest BCUT2D eigenvalue weighted by Crippen LogP contribution is -2.54. The number of hydrogen-bond acceptors (Lipinski definition) is 7. The third kappa shape index (κ3) is 4.18. The molecule has 0 aromatic heterocycles. The summed E-state index contributed by atoms with van der Waals surface area (Å²) in [5.74, 6) is -0.714. The first-order valence-corrected chi connectivity index (χ1v) is 15.2. The van der Waals surface area contributed by atoms with Gasteiger partial charge in [0.1, 0.15) is 16.2 Å². The van der Waals surface area contributed by atoms with Crippen molar-refractivity contribution in [1.29, 1.82) is 0 Å². The van der Waals surface area contributed by atoms with Crippen molar-refractivity contribution in [3.63, 3.8) is 0 Å². The van der Waals surface area contributed by atoms with Crippen LogP contribution in [0.15, 0.2) is 51.0 Å². The first-order valence-electron chi connectivity index (χ1n) is 11.7. The number of rotatable bonds is 6. The minimum absolute atomic E-state index is 0.0845. The van der Waals surface area contributed by atoms with Crippen LogP contribution in [0.2, 0.25) is 0 Å². The maximum absolute atomic E-state index is 13.7. The summed E-state index contributed by atoms with van der Waals surface area (Å²) >= 11 is 0. The summed E-state index contributed by atoms with van der Waals surface area (Å²) in [5, 5.41) is 14.2. The van der Waals surface area contributed by atoms with Crippen molar-refractivity contribution in [1.82, 2.24) is 4.90 Å². The van der Waals surface area contributed by atoms with Crippen molar-refractivity contribution in [2.24, 2.45) is 28.1 Å². The Bertz CT molecular complexity index is 1410. The third-order valence-electron chi connectivity index (χ3n) is 7.23. The monoisotopic (exact) mass is 519 g/mol. The molecular weight excluding hydrogens is 490 g/mol. The molecule has 1 aromatic rings. The van der Waals surface area contributed by atoms with Crippen LogP contribution in [0.3, 0.4) is 0 Å². The molecule has 4 unspecified atom stereocenters. The fourth-order valence-corrected chi connectivity index (χ4v) is 7.67. The molecule has 9 nitrogen and oxygen atoms in total. The molecule has 2 aliphatic carbocycles. The minimum Gasteiger partial charge on any atom is -0.511 e. The Kier molecular flexibility index (Phi) is 5.63. The van der Waals surface area contributed by atoms with Gasteiger partial charge in [-0.15, -0.1) is 4.40 Å². The molecule has 1 amide bonds. The summed E-state index contributed by atoms with van der Waals surface area (Å²) in [6.07, 6.45) is 6.89. The molecule has 4 aliphatic rings. The lowest BCUT2D eigenvalue weighted by molar-refractivity contribution is -0.132. The highest BCUT2D eigenvalue weighted by atomic mass is 32.2. The van der Waals surface area contributed by atoms with Crippen molar-refractivity contribution in [2.75, 3.05) is 18.1 Å². The Morgan fingerprint density at radius 3 is 2.63 bits per heavy atom. The van der Waals surface area contributed by atoms with E-state index in [4.69, 9.17) is 0 Å². The topological polar surface area (TPSA) is 133 Å². The van der Waals surface area contributed by atoms with Crippen LogP contribution < -0.4 is 5.32 Å². The Labute approximate surface area is 205 Å². The molecule has 5 rings (SSSR count). The van der Waals surface area contributed by atoms with E-state index in [0.29, 0.717) is 18.0 Å². The maximum atomic E-state index is 13.7. The normalized spacial score (nSPS) is 28.7. The van der Waals surface area contributed by atoms with E-state index in [1.165, 1.54) is 18.2 Å². The van der Waals surface area contributed by atoms with Crippen LogP contribution in [0.25, 0.3) is 0 Å². The molecule has 35 heavy (non-hydrogen) atoms. The number of anilines is 1. The Morgan fingerprint density at radius 2 is 1.94 bits per heavy atom. The Hall–Kier alpha value is -2.66. The van der Waals surface area contributed by atoms with Gasteiger partial charge in [0.15, 0.2) is 15.7 Å². The molecule has 1 aromatic carbocycles. The number of allylic oxidation sites excluding steroid dienone is 1. The quantitative estimate of drug-likeness (QED) is 0.552. The molecule has 2 bridgehead atoms. The molecule has 1 fully saturated rings. The fraction of sp³-hybridized carbons (Fsp3) is 0.500. The highest BCUT2D eigenvalue weighted by molar-refractivity contribution is 7.90. The largest absolute Gasteiger partial charge is 0.511 e. The number of aliphatic hydroxyl groups excluding tert-OH is 1. The molecule has 4 atom stereocenters. The van der Waals surface area contributed by atoms with E-state index in [1.54, 1.807) is 4.90 Å². The van der Waals surface area contributed by atoms with E-state index in [2.05, 4.69) is 35.7 Å². The van der Waals surface area contributed by atoms with Gasteiger partial charge >= 0.3 is 0 Å².